The van der Waals surface area contributed by atoms with E-state index < -0.39 is 5.92 Å². The minimum Gasteiger partial charge on any atom is -0.465 e. The lowest BCUT2D eigenvalue weighted by molar-refractivity contribution is -0.146. The molecule has 4 rings (SSSR count). The maximum absolute atomic E-state index is 12.8. The fourth-order valence-corrected chi connectivity index (χ4v) is 6.26. The Morgan fingerprint density at radius 3 is 2.91 bits per heavy atom. The molecule has 2 aliphatic rings. The van der Waals surface area contributed by atoms with Crippen molar-refractivity contribution in [3.05, 3.63) is 47.7 Å². The van der Waals surface area contributed by atoms with Gasteiger partial charge in [0.15, 0.2) is 11.0 Å². The zero-order valence-electron chi connectivity index (χ0n) is 17.8. The van der Waals surface area contributed by atoms with Crippen molar-refractivity contribution in [1.82, 2.24) is 25.1 Å². The molecule has 2 atom stereocenters. The van der Waals surface area contributed by atoms with Crippen LogP contribution in [0.5, 0.6) is 0 Å². The van der Waals surface area contributed by atoms with Crippen LogP contribution >= 0.6 is 23.5 Å². The summed E-state index contributed by atoms with van der Waals surface area (Å²) >= 11 is 2.90. The van der Waals surface area contributed by atoms with Crippen LogP contribution in [0.2, 0.25) is 0 Å². The molecule has 0 radical (unpaired) electrons. The van der Waals surface area contributed by atoms with Crippen LogP contribution < -0.4 is 5.32 Å². The van der Waals surface area contributed by atoms with Crippen molar-refractivity contribution < 1.29 is 14.3 Å². The highest BCUT2D eigenvalue weighted by atomic mass is 32.2. The molecule has 0 saturated carbocycles. The molecule has 0 fully saturated rings. The second-order valence-electron chi connectivity index (χ2n) is 7.37. The van der Waals surface area contributed by atoms with E-state index in [1.54, 1.807) is 37.2 Å². The molecule has 0 aromatic carbocycles. The molecule has 0 saturated heterocycles. The lowest BCUT2D eigenvalue weighted by atomic mass is 9.98. The predicted molar refractivity (Wildman–Crippen MR) is 125 cm³/mol. The summed E-state index contributed by atoms with van der Waals surface area (Å²) in [4.78, 5) is 30.6. The van der Waals surface area contributed by atoms with E-state index >= 15 is 0 Å². The molecular weight excluding hydrogens is 446 g/mol. The zero-order valence-corrected chi connectivity index (χ0v) is 19.5. The molecule has 1 amide bonds. The Morgan fingerprint density at radius 1 is 1.34 bits per heavy atom. The number of amides is 1. The molecule has 1 aliphatic carbocycles. The van der Waals surface area contributed by atoms with E-state index in [1.165, 1.54) is 16.7 Å². The Morgan fingerprint density at radius 2 is 2.16 bits per heavy atom. The van der Waals surface area contributed by atoms with Crippen molar-refractivity contribution in [2.75, 3.05) is 12.4 Å². The summed E-state index contributed by atoms with van der Waals surface area (Å²) in [5.74, 6) is 0.0703. The first-order chi connectivity index (χ1) is 15.6. The van der Waals surface area contributed by atoms with Crippen LogP contribution in [0.1, 0.15) is 26.2 Å². The summed E-state index contributed by atoms with van der Waals surface area (Å²) in [6, 6.07) is 3.73. The van der Waals surface area contributed by atoms with Crippen LogP contribution in [0.25, 0.3) is 11.4 Å². The van der Waals surface area contributed by atoms with E-state index in [-0.39, 0.29) is 23.0 Å². The van der Waals surface area contributed by atoms with Gasteiger partial charge in [0.05, 0.1) is 17.7 Å². The van der Waals surface area contributed by atoms with Crippen molar-refractivity contribution in [3.63, 3.8) is 0 Å². The highest BCUT2D eigenvalue weighted by Gasteiger charge is 2.43. The molecule has 1 aliphatic heterocycles. The third-order valence-electron chi connectivity index (χ3n) is 5.30. The number of hydrogen-bond donors (Lipinski definition) is 1. The second kappa shape index (κ2) is 10.4. The van der Waals surface area contributed by atoms with E-state index in [0.717, 1.165) is 30.4 Å². The fourth-order valence-electron chi connectivity index (χ4n) is 3.95. The topological polar surface area (TPSA) is 99.0 Å². The summed E-state index contributed by atoms with van der Waals surface area (Å²) in [6.07, 6.45) is 8.10. The lowest BCUT2D eigenvalue weighted by Gasteiger charge is -2.21. The normalized spacial score (nSPS) is 19.7. The minimum atomic E-state index is -0.394. The van der Waals surface area contributed by atoms with Gasteiger partial charge in [0.1, 0.15) is 5.92 Å². The molecular formula is C22H25N5O3S2. The number of hydrogen-bond acceptors (Lipinski definition) is 8. The van der Waals surface area contributed by atoms with Crippen molar-refractivity contribution in [1.29, 1.82) is 0 Å². The number of esters is 1. The van der Waals surface area contributed by atoms with Gasteiger partial charge in [0.25, 0.3) is 0 Å². The maximum Gasteiger partial charge on any atom is 0.316 e. The van der Waals surface area contributed by atoms with Crippen LogP contribution in [0, 0.1) is 5.92 Å². The number of thioether (sulfide) groups is 2. The van der Waals surface area contributed by atoms with Crippen molar-refractivity contribution in [2.45, 2.75) is 43.3 Å². The van der Waals surface area contributed by atoms with Crippen LogP contribution in [-0.2, 0) is 20.9 Å². The van der Waals surface area contributed by atoms with Gasteiger partial charge >= 0.3 is 5.97 Å². The summed E-state index contributed by atoms with van der Waals surface area (Å²) < 4.78 is 7.20. The Labute approximate surface area is 195 Å². The third kappa shape index (κ3) is 4.75. The molecule has 168 valence electrons. The first kappa shape index (κ1) is 22.6. The molecule has 8 nitrogen and oxygen atoms in total. The quantitative estimate of drug-likeness (QED) is 0.337. The lowest BCUT2D eigenvalue weighted by Crippen LogP contribution is -2.41. The molecule has 2 unspecified atom stereocenters. The molecule has 0 bridgehead atoms. The Hall–Kier alpha value is -2.59. The molecule has 2 aromatic heterocycles. The number of nitrogens with one attached hydrogen (secondary N) is 1. The molecule has 1 N–H and O–H groups in total. The fraction of sp³-hybridized carbons (Fsp3) is 0.409. The van der Waals surface area contributed by atoms with E-state index in [2.05, 4.69) is 27.1 Å². The van der Waals surface area contributed by atoms with Gasteiger partial charge in [0, 0.05) is 24.5 Å². The van der Waals surface area contributed by atoms with Gasteiger partial charge in [-0.05, 0) is 48.8 Å². The van der Waals surface area contributed by atoms with Crippen molar-refractivity contribution >= 4 is 35.4 Å². The van der Waals surface area contributed by atoms with Gasteiger partial charge in [-0.2, -0.15) is 0 Å². The Kier molecular flexibility index (Phi) is 7.31. The van der Waals surface area contributed by atoms with E-state index in [9.17, 15) is 9.59 Å². The summed E-state index contributed by atoms with van der Waals surface area (Å²) in [5, 5.41) is 11.9. The van der Waals surface area contributed by atoms with E-state index in [4.69, 9.17) is 4.74 Å². The van der Waals surface area contributed by atoms with Crippen LogP contribution in [0.4, 0.5) is 0 Å². The Bertz CT molecular complexity index is 1040. The van der Waals surface area contributed by atoms with E-state index in [0.29, 0.717) is 24.1 Å². The number of carbonyl (C=O) groups is 2. The predicted octanol–water partition coefficient (Wildman–Crippen LogP) is 3.42. The number of rotatable bonds is 9. The summed E-state index contributed by atoms with van der Waals surface area (Å²) in [7, 11) is 0. The minimum absolute atomic E-state index is 0.151. The smallest absolute Gasteiger partial charge is 0.316 e. The second-order valence-corrected chi connectivity index (χ2v) is 9.55. The molecule has 0 spiro atoms. The maximum atomic E-state index is 12.8. The number of ether oxygens (including phenoxy) is 1. The van der Waals surface area contributed by atoms with Gasteiger partial charge in [-0.3, -0.25) is 19.1 Å². The van der Waals surface area contributed by atoms with Crippen molar-refractivity contribution in [3.8, 4) is 11.4 Å². The monoisotopic (exact) mass is 471 g/mol. The highest BCUT2D eigenvalue weighted by Crippen LogP contribution is 2.49. The average molecular weight is 472 g/mol. The van der Waals surface area contributed by atoms with Gasteiger partial charge in [-0.1, -0.05) is 17.8 Å². The first-order valence-corrected chi connectivity index (χ1v) is 12.4. The number of carbonyl (C=O) groups excluding carboxylic acids is 2. The molecule has 3 heterocycles. The summed E-state index contributed by atoms with van der Waals surface area (Å²) in [5.41, 5.74) is 2.03. The Balaban J connectivity index is 1.41. The van der Waals surface area contributed by atoms with Gasteiger partial charge in [-0.25, -0.2) is 0 Å². The number of aromatic nitrogens is 4. The highest BCUT2D eigenvalue weighted by molar-refractivity contribution is 8.04. The molecule has 2 aromatic rings. The molecule has 10 heteroatoms. The van der Waals surface area contributed by atoms with Crippen LogP contribution in [0.15, 0.2) is 52.8 Å². The van der Waals surface area contributed by atoms with Crippen molar-refractivity contribution in [2.24, 2.45) is 5.92 Å². The number of pyridine rings is 1. The third-order valence-corrected chi connectivity index (χ3v) is 7.66. The molecule has 32 heavy (non-hydrogen) atoms. The summed E-state index contributed by atoms with van der Waals surface area (Å²) in [6.45, 7) is 6.47. The SMILES string of the molecule is C=CCn1c(SCC(=O)NC2SC3=C(CCC3)C2C(=O)OCC)nnc1-c1ccncc1. The van der Waals surface area contributed by atoms with Crippen LogP contribution in [-0.4, -0.2) is 49.4 Å². The zero-order chi connectivity index (χ0) is 22.5. The number of allylic oxidation sites excluding steroid dienone is 2. The van der Waals surface area contributed by atoms with Crippen LogP contribution in [0.3, 0.4) is 0 Å². The number of nitrogens with zero attached hydrogens (tertiary/aromatic N) is 4. The average Bonchev–Trinajstić information content (AvgIpc) is 3.48. The van der Waals surface area contributed by atoms with E-state index in [1.807, 2.05) is 16.7 Å². The largest absolute Gasteiger partial charge is 0.465 e. The van der Waals surface area contributed by atoms with Gasteiger partial charge in [-0.15, -0.1) is 28.5 Å². The first-order valence-electron chi connectivity index (χ1n) is 10.5. The standard InChI is InChI=1S/C22H25N5O3S2/c1-3-12-27-19(14-8-10-23-11-9-14)25-26-22(27)31-13-17(28)24-20-18(21(29)30-4-2)15-6-5-7-16(15)32-20/h3,8-11,18,20H,1,4-7,12-13H2,2H3,(H,24,28). The van der Waals surface area contributed by atoms with Gasteiger partial charge < -0.3 is 10.1 Å². The van der Waals surface area contributed by atoms with Gasteiger partial charge in [0.2, 0.25) is 5.91 Å².